The standard InChI is InChI=1S/C13H13BrN2O2S2/c1-3-15-11(17)10(6-9-5-8(14)7-20-9)12(18)16(4-2)13(15)19/h5-7H,3-4H2,1-2H3. The quantitative estimate of drug-likeness (QED) is 0.465. The van der Waals surface area contributed by atoms with Crippen LogP contribution in [0.2, 0.25) is 0 Å². The summed E-state index contributed by atoms with van der Waals surface area (Å²) < 4.78 is 0.931. The summed E-state index contributed by atoms with van der Waals surface area (Å²) in [6.07, 6.45) is 1.63. The molecule has 1 fully saturated rings. The maximum atomic E-state index is 12.4. The Kier molecular flexibility index (Phi) is 4.72. The van der Waals surface area contributed by atoms with E-state index in [9.17, 15) is 9.59 Å². The third-order valence-corrected chi connectivity index (χ3v) is 5.00. The molecule has 0 unspecified atom stereocenters. The Balaban J connectivity index is 2.45. The SMILES string of the molecule is CCN1C(=O)C(=Cc2cc(Br)cs2)C(=O)N(CC)C1=S. The lowest BCUT2D eigenvalue weighted by Crippen LogP contribution is -2.55. The van der Waals surface area contributed by atoms with Gasteiger partial charge in [-0.25, -0.2) is 0 Å². The third kappa shape index (κ3) is 2.70. The van der Waals surface area contributed by atoms with E-state index in [0.717, 1.165) is 9.35 Å². The van der Waals surface area contributed by atoms with Crippen molar-refractivity contribution in [3.8, 4) is 0 Å². The van der Waals surface area contributed by atoms with Crippen LogP contribution in [0.1, 0.15) is 18.7 Å². The molecule has 1 aromatic heterocycles. The molecule has 0 aliphatic carbocycles. The zero-order valence-electron chi connectivity index (χ0n) is 11.1. The number of halogens is 1. The molecule has 2 amide bonds. The zero-order chi connectivity index (χ0) is 14.9. The monoisotopic (exact) mass is 372 g/mol. The normalized spacial score (nSPS) is 16.1. The molecular weight excluding hydrogens is 360 g/mol. The van der Waals surface area contributed by atoms with Gasteiger partial charge in [0.05, 0.1) is 0 Å². The van der Waals surface area contributed by atoms with Crippen LogP contribution in [0.25, 0.3) is 6.08 Å². The average molecular weight is 373 g/mol. The molecule has 0 aromatic carbocycles. The van der Waals surface area contributed by atoms with Crippen LogP contribution in [0.5, 0.6) is 0 Å². The molecule has 0 bridgehead atoms. The number of thiocarbonyl (C=S) groups is 1. The van der Waals surface area contributed by atoms with E-state index in [1.54, 1.807) is 6.08 Å². The summed E-state index contributed by atoms with van der Waals surface area (Å²) in [4.78, 5) is 28.5. The summed E-state index contributed by atoms with van der Waals surface area (Å²) in [5, 5.41) is 2.19. The number of carbonyl (C=O) groups is 2. The molecule has 106 valence electrons. The lowest BCUT2D eigenvalue weighted by Gasteiger charge is -2.35. The molecule has 1 aliphatic heterocycles. The van der Waals surface area contributed by atoms with Gasteiger partial charge in [0, 0.05) is 27.8 Å². The Hall–Kier alpha value is -1.05. The van der Waals surface area contributed by atoms with Gasteiger partial charge >= 0.3 is 0 Å². The van der Waals surface area contributed by atoms with E-state index in [1.165, 1.54) is 21.1 Å². The van der Waals surface area contributed by atoms with E-state index < -0.39 is 0 Å². The summed E-state index contributed by atoms with van der Waals surface area (Å²) in [6.45, 7) is 4.58. The number of hydrogen-bond donors (Lipinski definition) is 0. The molecule has 0 radical (unpaired) electrons. The van der Waals surface area contributed by atoms with Crippen molar-refractivity contribution in [1.29, 1.82) is 0 Å². The lowest BCUT2D eigenvalue weighted by molar-refractivity contribution is -0.133. The second-order valence-corrected chi connectivity index (χ2v) is 6.33. The van der Waals surface area contributed by atoms with Crippen LogP contribution in [-0.4, -0.2) is 39.8 Å². The Morgan fingerprint density at radius 1 is 1.25 bits per heavy atom. The van der Waals surface area contributed by atoms with Gasteiger partial charge in [0.15, 0.2) is 5.11 Å². The van der Waals surface area contributed by atoms with Crippen LogP contribution in [0.3, 0.4) is 0 Å². The van der Waals surface area contributed by atoms with E-state index >= 15 is 0 Å². The first-order valence-corrected chi connectivity index (χ1v) is 8.21. The highest BCUT2D eigenvalue weighted by Gasteiger charge is 2.37. The van der Waals surface area contributed by atoms with Crippen LogP contribution < -0.4 is 0 Å². The van der Waals surface area contributed by atoms with Crippen molar-refractivity contribution < 1.29 is 9.59 Å². The molecule has 0 saturated carbocycles. The molecule has 2 rings (SSSR count). The van der Waals surface area contributed by atoms with Gasteiger partial charge in [-0.2, -0.15) is 0 Å². The molecule has 1 saturated heterocycles. The fourth-order valence-electron chi connectivity index (χ4n) is 1.93. The third-order valence-electron chi connectivity index (χ3n) is 2.92. The predicted octanol–water partition coefficient (Wildman–Crippen LogP) is 2.89. The Morgan fingerprint density at radius 3 is 2.20 bits per heavy atom. The van der Waals surface area contributed by atoms with Crippen molar-refractivity contribution in [2.24, 2.45) is 0 Å². The molecule has 7 heteroatoms. The number of amides is 2. The number of nitrogens with zero attached hydrogens (tertiary/aromatic N) is 2. The maximum absolute atomic E-state index is 12.4. The van der Waals surface area contributed by atoms with Crippen molar-refractivity contribution in [3.63, 3.8) is 0 Å². The van der Waals surface area contributed by atoms with Crippen LogP contribution in [0.15, 0.2) is 21.5 Å². The number of carbonyl (C=O) groups excluding carboxylic acids is 2. The van der Waals surface area contributed by atoms with Gasteiger partial charge in [-0.05, 0) is 54.1 Å². The minimum absolute atomic E-state index is 0.164. The van der Waals surface area contributed by atoms with Gasteiger partial charge in [0.25, 0.3) is 11.8 Å². The summed E-state index contributed by atoms with van der Waals surface area (Å²) in [5.74, 6) is -0.645. The molecule has 0 N–H and O–H groups in total. The van der Waals surface area contributed by atoms with E-state index in [2.05, 4.69) is 15.9 Å². The summed E-state index contributed by atoms with van der Waals surface area (Å²) >= 11 is 10.0. The molecule has 4 nitrogen and oxygen atoms in total. The molecule has 20 heavy (non-hydrogen) atoms. The van der Waals surface area contributed by atoms with Crippen LogP contribution in [0, 0.1) is 0 Å². The van der Waals surface area contributed by atoms with Gasteiger partial charge in [-0.1, -0.05) is 0 Å². The smallest absolute Gasteiger partial charge is 0.265 e. The zero-order valence-corrected chi connectivity index (χ0v) is 14.3. The van der Waals surface area contributed by atoms with Crippen LogP contribution >= 0.6 is 39.5 Å². The van der Waals surface area contributed by atoms with Gasteiger partial charge in [-0.3, -0.25) is 19.4 Å². The molecule has 1 aliphatic rings. The van der Waals surface area contributed by atoms with Gasteiger partial charge in [0.1, 0.15) is 5.57 Å². The molecular formula is C13H13BrN2O2S2. The number of thiophene rings is 1. The topological polar surface area (TPSA) is 40.6 Å². The van der Waals surface area contributed by atoms with Crippen LogP contribution in [0.4, 0.5) is 0 Å². The number of likely N-dealkylation sites (N-methyl/N-ethyl adjacent to an activating group) is 2. The second kappa shape index (κ2) is 6.15. The van der Waals surface area contributed by atoms with E-state index in [4.69, 9.17) is 12.2 Å². The van der Waals surface area contributed by atoms with Crippen molar-refractivity contribution in [3.05, 3.63) is 26.4 Å². The van der Waals surface area contributed by atoms with Crippen LogP contribution in [-0.2, 0) is 9.59 Å². The fourth-order valence-corrected chi connectivity index (χ4v) is 3.73. The Labute approximate surface area is 135 Å². The summed E-state index contributed by atoms with van der Waals surface area (Å²) in [6, 6.07) is 1.87. The van der Waals surface area contributed by atoms with Crippen molar-refractivity contribution in [2.45, 2.75) is 13.8 Å². The highest BCUT2D eigenvalue weighted by atomic mass is 79.9. The Morgan fingerprint density at radius 2 is 1.80 bits per heavy atom. The minimum Gasteiger partial charge on any atom is -0.285 e. The minimum atomic E-state index is -0.322. The summed E-state index contributed by atoms with van der Waals surface area (Å²) in [7, 11) is 0. The van der Waals surface area contributed by atoms with Gasteiger partial charge in [-0.15, -0.1) is 11.3 Å². The Bertz CT molecular complexity index is 581. The number of hydrogen-bond acceptors (Lipinski definition) is 4. The number of rotatable bonds is 3. The van der Waals surface area contributed by atoms with E-state index in [-0.39, 0.29) is 22.5 Å². The summed E-state index contributed by atoms with van der Waals surface area (Å²) in [5.41, 5.74) is 0.164. The van der Waals surface area contributed by atoms with Crippen molar-refractivity contribution >= 4 is 62.5 Å². The van der Waals surface area contributed by atoms with Gasteiger partial charge in [0.2, 0.25) is 0 Å². The first-order chi connectivity index (χ1) is 9.49. The second-order valence-electron chi connectivity index (χ2n) is 4.11. The lowest BCUT2D eigenvalue weighted by atomic mass is 10.1. The highest BCUT2D eigenvalue weighted by Crippen LogP contribution is 2.25. The largest absolute Gasteiger partial charge is 0.285 e. The van der Waals surface area contributed by atoms with Crippen molar-refractivity contribution in [1.82, 2.24) is 9.80 Å². The predicted molar refractivity (Wildman–Crippen MR) is 87.4 cm³/mol. The maximum Gasteiger partial charge on any atom is 0.265 e. The van der Waals surface area contributed by atoms with E-state index in [0.29, 0.717) is 13.1 Å². The average Bonchev–Trinajstić information content (AvgIpc) is 2.81. The molecule has 2 heterocycles. The van der Waals surface area contributed by atoms with Crippen molar-refractivity contribution in [2.75, 3.05) is 13.1 Å². The highest BCUT2D eigenvalue weighted by molar-refractivity contribution is 9.10. The van der Waals surface area contributed by atoms with E-state index in [1.807, 2.05) is 25.3 Å². The fraction of sp³-hybridized carbons (Fsp3) is 0.308. The molecule has 0 spiro atoms. The first kappa shape index (κ1) is 15.3. The van der Waals surface area contributed by atoms with Gasteiger partial charge < -0.3 is 0 Å². The molecule has 1 aromatic rings. The molecule has 0 atom stereocenters. The first-order valence-electron chi connectivity index (χ1n) is 6.13.